The maximum atomic E-state index is 11.3. The number of carbonyl (C=O) groups excluding carboxylic acids is 1. The minimum absolute atomic E-state index is 0.0410. The van der Waals surface area contributed by atoms with E-state index in [-0.39, 0.29) is 17.9 Å². The van der Waals surface area contributed by atoms with Gasteiger partial charge in [0.25, 0.3) is 0 Å². The monoisotopic (exact) mass is 218 g/mol. The Hall–Kier alpha value is -2.17. The first-order valence-corrected chi connectivity index (χ1v) is 4.81. The number of nitrogens with one attached hydrogen (secondary N) is 1. The molecule has 0 bridgehead atoms. The van der Waals surface area contributed by atoms with Crippen LogP contribution in [0.4, 0.5) is 0 Å². The molecule has 2 N–H and O–H groups in total. The van der Waals surface area contributed by atoms with Gasteiger partial charge >= 0.3 is 5.97 Å². The molecule has 0 atom stereocenters. The second kappa shape index (κ2) is 4.14. The van der Waals surface area contributed by atoms with E-state index in [9.17, 15) is 9.59 Å². The molecule has 0 aromatic heterocycles. The number of carboxylic acids is 1. The molecule has 0 fully saturated rings. The van der Waals surface area contributed by atoms with Crippen LogP contribution in [0.15, 0.2) is 29.4 Å². The van der Waals surface area contributed by atoms with Crippen molar-refractivity contribution in [2.45, 2.75) is 6.42 Å². The molecule has 1 aromatic carbocycles. The Bertz CT molecular complexity index is 480. The molecular weight excluding hydrogens is 208 g/mol. The van der Waals surface area contributed by atoms with Gasteiger partial charge in [-0.25, -0.2) is 4.79 Å². The van der Waals surface area contributed by atoms with E-state index in [2.05, 4.69) is 10.5 Å². The predicted molar refractivity (Wildman–Crippen MR) is 57.6 cm³/mol. The summed E-state index contributed by atoms with van der Waals surface area (Å²) in [6, 6.07) is 6.51. The first kappa shape index (κ1) is 10.4. The van der Waals surface area contributed by atoms with E-state index in [1.165, 1.54) is 6.07 Å². The summed E-state index contributed by atoms with van der Waals surface area (Å²) in [5.41, 5.74) is 4.04. The fourth-order valence-electron chi connectivity index (χ4n) is 1.52. The number of benzene rings is 1. The van der Waals surface area contributed by atoms with E-state index in [1.54, 1.807) is 18.2 Å². The van der Waals surface area contributed by atoms with Gasteiger partial charge in [-0.05, 0) is 17.7 Å². The first-order chi connectivity index (χ1) is 7.66. The van der Waals surface area contributed by atoms with Crippen LogP contribution >= 0.6 is 0 Å². The Morgan fingerprint density at radius 1 is 1.50 bits per heavy atom. The molecule has 82 valence electrons. The SMILES string of the molecule is O=C1CNN=C1Cc1cccc(C(=O)O)c1. The van der Waals surface area contributed by atoms with Gasteiger partial charge in [-0.1, -0.05) is 12.1 Å². The number of carboxylic acid groups (broad SMARTS) is 1. The normalized spacial score (nSPS) is 14.5. The van der Waals surface area contributed by atoms with Crippen molar-refractivity contribution in [3.8, 4) is 0 Å². The lowest BCUT2D eigenvalue weighted by atomic mass is 10.0. The van der Waals surface area contributed by atoms with Crippen molar-refractivity contribution in [1.82, 2.24) is 5.43 Å². The predicted octanol–water partition coefficient (Wildman–Crippen LogP) is 0.456. The number of ketones is 1. The van der Waals surface area contributed by atoms with Gasteiger partial charge in [0, 0.05) is 6.42 Å². The molecule has 1 aliphatic heterocycles. The second-order valence-electron chi connectivity index (χ2n) is 3.50. The Balaban J connectivity index is 2.18. The average Bonchev–Trinajstić information content (AvgIpc) is 2.65. The van der Waals surface area contributed by atoms with Gasteiger partial charge < -0.3 is 10.5 Å². The summed E-state index contributed by atoms with van der Waals surface area (Å²) in [7, 11) is 0. The number of hydrogen-bond acceptors (Lipinski definition) is 4. The van der Waals surface area contributed by atoms with Crippen molar-refractivity contribution in [3.05, 3.63) is 35.4 Å². The fourth-order valence-corrected chi connectivity index (χ4v) is 1.52. The van der Waals surface area contributed by atoms with Gasteiger partial charge in [0.1, 0.15) is 5.71 Å². The third-order valence-electron chi connectivity index (χ3n) is 2.32. The summed E-state index contributed by atoms with van der Waals surface area (Å²) in [6.07, 6.45) is 0.368. The third kappa shape index (κ3) is 2.08. The summed E-state index contributed by atoms with van der Waals surface area (Å²) in [5.74, 6) is -1.01. The van der Waals surface area contributed by atoms with Gasteiger partial charge in [0.15, 0.2) is 5.78 Å². The molecule has 5 heteroatoms. The smallest absolute Gasteiger partial charge is 0.335 e. The Morgan fingerprint density at radius 2 is 2.31 bits per heavy atom. The highest BCUT2D eigenvalue weighted by Crippen LogP contribution is 2.08. The van der Waals surface area contributed by atoms with E-state index in [4.69, 9.17) is 5.11 Å². The fraction of sp³-hybridized carbons (Fsp3) is 0.182. The molecule has 0 aliphatic carbocycles. The zero-order valence-electron chi connectivity index (χ0n) is 8.43. The number of carbonyl (C=O) groups is 2. The number of hydrogen-bond donors (Lipinski definition) is 2. The lowest BCUT2D eigenvalue weighted by Gasteiger charge is -2.01. The highest BCUT2D eigenvalue weighted by molar-refractivity contribution is 6.42. The standard InChI is InChI=1S/C11H10N2O3/c14-10-6-12-13-9(10)5-7-2-1-3-8(4-7)11(15)16/h1-4,12H,5-6H2,(H,15,16). The van der Waals surface area contributed by atoms with Crippen molar-refractivity contribution in [2.24, 2.45) is 5.10 Å². The molecule has 1 aliphatic rings. The molecule has 0 radical (unpaired) electrons. The van der Waals surface area contributed by atoms with Gasteiger partial charge in [0.2, 0.25) is 0 Å². The number of rotatable bonds is 3. The van der Waals surface area contributed by atoms with Crippen molar-refractivity contribution in [2.75, 3.05) is 6.54 Å². The highest BCUT2D eigenvalue weighted by atomic mass is 16.4. The molecule has 16 heavy (non-hydrogen) atoms. The summed E-state index contributed by atoms with van der Waals surface area (Å²) >= 11 is 0. The molecule has 1 heterocycles. The number of hydrazone groups is 1. The minimum atomic E-state index is -0.973. The van der Waals surface area contributed by atoms with Crippen LogP contribution in [-0.4, -0.2) is 29.1 Å². The van der Waals surface area contributed by atoms with Gasteiger partial charge in [-0.15, -0.1) is 0 Å². The zero-order chi connectivity index (χ0) is 11.5. The lowest BCUT2D eigenvalue weighted by Crippen LogP contribution is -2.16. The Morgan fingerprint density at radius 3 is 2.94 bits per heavy atom. The zero-order valence-corrected chi connectivity index (χ0v) is 8.43. The summed E-state index contributed by atoms with van der Waals surface area (Å²) < 4.78 is 0. The van der Waals surface area contributed by atoms with E-state index < -0.39 is 5.97 Å². The molecule has 5 nitrogen and oxygen atoms in total. The Kier molecular flexibility index (Phi) is 2.68. The summed E-state index contributed by atoms with van der Waals surface area (Å²) in [5, 5.41) is 12.7. The molecule has 0 spiro atoms. The van der Waals surface area contributed by atoms with E-state index in [0.29, 0.717) is 12.1 Å². The largest absolute Gasteiger partial charge is 0.478 e. The van der Waals surface area contributed by atoms with Crippen LogP contribution in [0.25, 0.3) is 0 Å². The van der Waals surface area contributed by atoms with Crippen LogP contribution in [0.1, 0.15) is 15.9 Å². The number of aromatic carboxylic acids is 1. The van der Waals surface area contributed by atoms with Crippen LogP contribution in [0.2, 0.25) is 0 Å². The van der Waals surface area contributed by atoms with Crippen molar-refractivity contribution in [1.29, 1.82) is 0 Å². The first-order valence-electron chi connectivity index (χ1n) is 4.81. The minimum Gasteiger partial charge on any atom is -0.478 e. The van der Waals surface area contributed by atoms with Crippen LogP contribution in [0.3, 0.4) is 0 Å². The van der Waals surface area contributed by atoms with E-state index in [0.717, 1.165) is 5.56 Å². The van der Waals surface area contributed by atoms with Crippen molar-refractivity contribution < 1.29 is 14.7 Å². The molecule has 1 aromatic rings. The topological polar surface area (TPSA) is 78.8 Å². The lowest BCUT2D eigenvalue weighted by molar-refractivity contribution is -0.111. The van der Waals surface area contributed by atoms with E-state index >= 15 is 0 Å². The van der Waals surface area contributed by atoms with Gasteiger partial charge in [-0.3, -0.25) is 4.79 Å². The van der Waals surface area contributed by atoms with Crippen LogP contribution in [0, 0.1) is 0 Å². The average molecular weight is 218 g/mol. The molecule has 0 saturated heterocycles. The second-order valence-corrected chi connectivity index (χ2v) is 3.50. The maximum Gasteiger partial charge on any atom is 0.335 e. The van der Waals surface area contributed by atoms with Crippen LogP contribution < -0.4 is 5.43 Å². The quantitative estimate of drug-likeness (QED) is 0.772. The van der Waals surface area contributed by atoms with Crippen molar-refractivity contribution >= 4 is 17.5 Å². The Labute approximate surface area is 91.8 Å². The van der Waals surface area contributed by atoms with E-state index in [1.807, 2.05) is 0 Å². The highest BCUT2D eigenvalue weighted by Gasteiger charge is 2.17. The molecular formula is C11H10N2O3. The van der Waals surface area contributed by atoms with Crippen LogP contribution in [0.5, 0.6) is 0 Å². The molecule has 0 unspecified atom stereocenters. The maximum absolute atomic E-state index is 11.3. The van der Waals surface area contributed by atoms with Gasteiger partial charge in [-0.2, -0.15) is 5.10 Å². The number of Topliss-reactive ketones (excluding diaryl/α,β-unsaturated/α-hetero) is 1. The van der Waals surface area contributed by atoms with Gasteiger partial charge in [0.05, 0.1) is 12.1 Å². The van der Waals surface area contributed by atoms with Crippen LogP contribution in [-0.2, 0) is 11.2 Å². The third-order valence-corrected chi connectivity index (χ3v) is 2.32. The summed E-state index contributed by atoms with van der Waals surface area (Å²) in [6.45, 7) is 0.230. The molecule has 0 amide bonds. The molecule has 0 saturated carbocycles. The van der Waals surface area contributed by atoms with Crippen molar-refractivity contribution in [3.63, 3.8) is 0 Å². The number of nitrogens with zero attached hydrogens (tertiary/aromatic N) is 1. The molecule has 2 rings (SSSR count). The summed E-state index contributed by atoms with van der Waals surface area (Å²) in [4.78, 5) is 22.0.